The molecular weight excluding hydrogens is 281 g/mol. The minimum absolute atomic E-state index is 0.155. The van der Waals surface area contributed by atoms with E-state index in [1.807, 2.05) is 6.92 Å². The van der Waals surface area contributed by atoms with Gasteiger partial charge in [-0.15, -0.1) is 11.6 Å². The Morgan fingerprint density at radius 2 is 2.00 bits per heavy atom. The van der Waals surface area contributed by atoms with Gasteiger partial charge in [-0.3, -0.25) is 0 Å². The van der Waals surface area contributed by atoms with E-state index in [0.717, 1.165) is 18.6 Å². The zero-order valence-electron chi connectivity index (χ0n) is 9.93. The van der Waals surface area contributed by atoms with Crippen molar-refractivity contribution in [3.8, 4) is 0 Å². The lowest BCUT2D eigenvalue weighted by molar-refractivity contribution is 0.0228. The molecule has 0 spiro atoms. The van der Waals surface area contributed by atoms with Gasteiger partial charge in [0, 0.05) is 18.2 Å². The maximum atomic E-state index is 13.3. The molecule has 5 heteroatoms. The fourth-order valence-electron chi connectivity index (χ4n) is 2.31. The van der Waals surface area contributed by atoms with Crippen LogP contribution in [0.15, 0.2) is 12.1 Å². The molecule has 0 aliphatic carbocycles. The Balaban J connectivity index is 2.27. The number of hydrogen-bond acceptors (Lipinski definition) is 1. The van der Waals surface area contributed by atoms with Crippen LogP contribution >= 0.6 is 23.2 Å². The summed E-state index contributed by atoms with van der Waals surface area (Å²) in [6, 6.07) is 2.07. The first-order valence-electron chi connectivity index (χ1n) is 5.87. The van der Waals surface area contributed by atoms with Crippen molar-refractivity contribution in [2.45, 2.75) is 18.7 Å². The van der Waals surface area contributed by atoms with E-state index in [9.17, 15) is 8.78 Å². The number of benzene rings is 1. The van der Waals surface area contributed by atoms with Gasteiger partial charge in [0.25, 0.3) is 0 Å². The van der Waals surface area contributed by atoms with E-state index in [2.05, 4.69) is 0 Å². The molecule has 1 aromatic rings. The second kappa shape index (κ2) is 5.72. The highest BCUT2D eigenvalue weighted by Gasteiger charge is 2.31. The molecule has 0 N–H and O–H groups in total. The third kappa shape index (κ3) is 2.79. The number of halogens is 4. The van der Waals surface area contributed by atoms with Crippen molar-refractivity contribution in [2.24, 2.45) is 11.8 Å². The van der Waals surface area contributed by atoms with Gasteiger partial charge >= 0.3 is 0 Å². The van der Waals surface area contributed by atoms with E-state index in [1.54, 1.807) is 0 Å². The van der Waals surface area contributed by atoms with E-state index in [4.69, 9.17) is 27.9 Å². The van der Waals surface area contributed by atoms with Gasteiger partial charge in [0.1, 0.15) is 0 Å². The Bertz CT molecular complexity index is 439. The summed E-state index contributed by atoms with van der Waals surface area (Å²) in [5, 5.41) is -0.251. The van der Waals surface area contributed by atoms with E-state index in [0.29, 0.717) is 18.8 Å². The summed E-state index contributed by atoms with van der Waals surface area (Å²) in [7, 11) is 0. The number of rotatable bonds is 2. The summed E-state index contributed by atoms with van der Waals surface area (Å²) in [6.07, 6.45) is 0.796. The van der Waals surface area contributed by atoms with Crippen LogP contribution in [0.4, 0.5) is 8.78 Å². The Morgan fingerprint density at radius 3 is 2.67 bits per heavy atom. The highest BCUT2D eigenvalue weighted by atomic mass is 35.5. The normalized spacial score (nSPS) is 26.1. The standard InChI is InChI=1S/C13H14Cl2F2O/c1-7-6-18-3-2-8(7)13(15)9-4-11(16)12(17)5-10(9)14/h4-5,7-8,13H,2-3,6H2,1H3. The second-order valence-corrected chi connectivity index (χ2v) is 5.57. The van der Waals surface area contributed by atoms with Crippen molar-refractivity contribution in [2.75, 3.05) is 13.2 Å². The zero-order chi connectivity index (χ0) is 13.3. The molecule has 0 amide bonds. The molecule has 1 aliphatic rings. The molecule has 3 unspecified atom stereocenters. The van der Waals surface area contributed by atoms with Crippen molar-refractivity contribution < 1.29 is 13.5 Å². The average molecular weight is 295 g/mol. The average Bonchev–Trinajstić information content (AvgIpc) is 2.33. The SMILES string of the molecule is CC1COCCC1C(Cl)c1cc(F)c(F)cc1Cl. The Labute approximate surface area is 115 Å². The van der Waals surface area contributed by atoms with Gasteiger partial charge in [-0.1, -0.05) is 18.5 Å². The molecule has 1 saturated heterocycles. The topological polar surface area (TPSA) is 9.23 Å². The Kier molecular flexibility index (Phi) is 4.46. The van der Waals surface area contributed by atoms with Gasteiger partial charge in [0.2, 0.25) is 0 Å². The van der Waals surface area contributed by atoms with Gasteiger partial charge in [-0.2, -0.15) is 0 Å². The molecule has 0 radical (unpaired) electrons. The fraction of sp³-hybridized carbons (Fsp3) is 0.538. The molecule has 100 valence electrons. The lowest BCUT2D eigenvalue weighted by Gasteiger charge is -2.32. The van der Waals surface area contributed by atoms with Crippen molar-refractivity contribution in [1.82, 2.24) is 0 Å². The van der Waals surface area contributed by atoms with Crippen molar-refractivity contribution in [3.05, 3.63) is 34.4 Å². The Morgan fingerprint density at radius 1 is 1.33 bits per heavy atom. The maximum Gasteiger partial charge on any atom is 0.160 e. The lowest BCUT2D eigenvalue weighted by atomic mass is 9.84. The van der Waals surface area contributed by atoms with Crippen molar-refractivity contribution in [3.63, 3.8) is 0 Å². The van der Waals surface area contributed by atoms with Gasteiger partial charge < -0.3 is 4.74 Å². The largest absolute Gasteiger partial charge is 0.381 e. The molecule has 0 saturated carbocycles. The predicted octanol–water partition coefficient (Wildman–Crippen LogP) is 4.57. The molecule has 0 bridgehead atoms. The minimum atomic E-state index is -0.951. The summed E-state index contributed by atoms with van der Waals surface area (Å²) in [6.45, 7) is 3.31. The number of hydrogen-bond donors (Lipinski definition) is 0. The fourth-order valence-corrected chi connectivity index (χ4v) is 3.19. The molecule has 3 atom stereocenters. The van der Waals surface area contributed by atoms with Crippen LogP contribution in [0.5, 0.6) is 0 Å². The smallest absolute Gasteiger partial charge is 0.160 e. The first-order chi connectivity index (χ1) is 8.50. The van der Waals surface area contributed by atoms with Gasteiger partial charge in [-0.05, 0) is 36.0 Å². The van der Waals surface area contributed by atoms with E-state index in [-0.39, 0.29) is 16.9 Å². The van der Waals surface area contributed by atoms with Gasteiger partial charge in [0.05, 0.1) is 5.38 Å². The van der Waals surface area contributed by atoms with Crippen LogP contribution in [0.1, 0.15) is 24.3 Å². The van der Waals surface area contributed by atoms with Crippen molar-refractivity contribution in [1.29, 1.82) is 0 Å². The van der Waals surface area contributed by atoms with Crippen LogP contribution in [0, 0.1) is 23.5 Å². The lowest BCUT2D eigenvalue weighted by Crippen LogP contribution is -2.28. The van der Waals surface area contributed by atoms with E-state index < -0.39 is 17.0 Å². The molecule has 1 fully saturated rings. The maximum absolute atomic E-state index is 13.3. The first-order valence-corrected chi connectivity index (χ1v) is 6.68. The van der Waals surface area contributed by atoms with Gasteiger partial charge in [-0.25, -0.2) is 8.78 Å². The molecular formula is C13H14Cl2F2O. The second-order valence-electron chi connectivity index (χ2n) is 4.69. The minimum Gasteiger partial charge on any atom is -0.381 e. The quantitative estimate of drug-likeness (QED) is 0.573. The predicted molar refractivity (Wildman–Crippen MR) is 68.1 cm³/mol. The van der Waals surface area contributed by atoms with Crippen LogP contribution in [-0.4, -0.2) is 13.2 Å². The summed E-state index contributed by atoms with van der Waals surface area (Å²) in [4.78, 5) is 0. The van der Waals surface area contributed by atoms with Crippen LogP contribution in [0.2, 0.25) is 5.02 Å². The Hall–Kier alpha value is -0.380. The molecule has 2 rings (SSSR count). The summed E-state index contributed by atoms with van der Waals surface area (Å²) >= 11 is 12.3. The zero-order valence-corrected chi connectivity index (χ0v) is 11.4. The third-order valence-corrected chi connectivity index (χ3v) is 4.31. The third-order valence-electron chi connectivity index (χ3n) is 3.42. The monoisotopic (exact) mass is 294 g/mol. The highest BCUT2D eigenvalue weighted by Crippen LogP contribution is 2.41. The summed E-state index contributed by atoms with van der Waals surface area (Å²) < 4.78 is 31.6. The van der Waals surface area contributed by atoms with Crippen LogP contribution in [0.25, 0.3) is 0 Å². The number of alkyl halides is 1. The van der Waals surface area contributed by atoms with Crippen LogP contribution in [-0.2, 0) is 4.74 Å². The molecule has 1 aromatic carbocycles. The first kappa shape index (κ1) is 14.0. The van der Waals surface area contributed by atoms with Crippen LogP contribution in [0.3, 0.4) is 0 Å². The molecule has 1 aliphatic heterocycles. The summed E-state index contributed by atoms with van der Waals surface area (Å²) in [5.74, 6) is -1.44. The molecule has 1 nitrogen and oxygen atoms in total. The molecule has 1 heterocycles. The number of ether oxygens (including phenoxy) is 1. The summed E-state index contributed by atoms with van der Waals surface area (Å²) in [5.41, 5.74) is 0.455. The van der Waals surface area contributed by atoms with Crippen LogP contribution < -0.4 is 0 Å². The molecule has 18 heavy (non-hydrogen) atoms. The van der Waals surface area contributed by atoms with E-state index in [1.165, 1.54) is 0 Å². The van der Waals surface area contributed by atoms with Crippen molar-refractivity contribution >= 4 is 23.2 Å². The van der Waals surface area contributed by atoms with Gasteiger partial charge in [0.15, 0.2) is 11.6 Å². The van der Waals surface area contributed by atoms with E-state index >= 15 is 0 Å². The highest BCUT2D eigenvalue weighted by molar-refractivity contribution is 6.32. The molecule has 0 aromatic heterocycles.